The standard InChI is InChI=1S/C25H24N2OS/c28-25(26-15-16-29-24-18-27-23-14-8-7-13-21(23)24)17-22(19-9-3-1-4-10-19)20-11-5-2-6-12-20/h1-14,18,22,27H,15-17H2,(H,26,28). The second-order valence-corrected chi connectivity index (χ2v) is 8.11. The fourth-order valence-corrected chi connectivity index (χ4v) is 4.47. The van der Waals surface area contributed by atoms with Crippen LogP contribution in [0.5, 0.6) is 0 Å². The summed E-state index contributed by atoms with van der Waals surface area (Å²) < 4.78 is 0. The summed E-state index contributed by atoms with van der Waals surface area (Å²) >= 11 is 1.76. The second kappa shape index (κ2) is 9.48. The van der Waals surface area contributed by atoms with Gasteiger partial charge in [-0.3, -0.25) is 4.79 Å². The van der Waals surface area contributed by atoms with Crippen molar-refractivity contribution in [1.82, 2.24) is 10.3 Å². The lowest BCUT2D eigenvalue weighted by Gasteiger charge is -2.18. The molecular weight excluding hydrogens is 376 g/mol. The van der Waals surface area contributed by atoms with E-state index in [1.807, 2.05) is 48.7 Å². The molecule has 0 aliphatic carbocycles. The molecule has 0 aliphatic heterocycles. The van der Waals surface area contributed by atoms with E-state index in [2.05, 4.69) is 52.8 Å². The van der Waals surface area contributed by atoms with Crippen LogP contribution >= 0.6 is 11.8 Å². The molecule has 29 heavy (non-hydrogen) atoms. The van der Waals surface area contributed by atoms with E-state index < -0.39 is 0 Å². The summed E-state index contributed by atoms with van der Waals surface area (Å²) in [6.07, 6.45) is 2.49. The first kappa shape index (κ1) is 19.3. The largest absolute Gasteiger partial charge is 0.360 e. The highest BCUT2D eigenvalue weighted by Gasteiger charge is 2.17. The van der Waals surface area contributed by atoms with Crippen molar-refractivity contribution in [1.29, 1.82) is 0 Å². The average molecular weight is 401 g/mol. The molecule has 146 valence electrons. The maximum absolute atomic E-state index is 12.6. The van der Waals surface area contributed by atoms with Gasteiger partial charge in [-0.25, -0.2) is 0 Å². The maximum atomic E-state index is 12.6. The van der Waals surface area contributed by atoms with Crippen LogP contribution in [-0.2, 0) is 4.79 Å². The summed E-state index contributed by atoms with van der Waals surface area (Å²) in [5, 5.41) is 4.33. The minimum Gasteiger partial charge on any atom is -0.360 e. The van der Waals surface area contributed by atoms with Crippen molar-refractivity contribution in [3.05, 3.63) is 102 Å². The first-order chi connectivity index (χ1) is 14.3. The van der Waals surface area contributed by atoms with Gasteiger partial charge in [-0.15, -0.1) is 11.8 Å². The minimum absolute atomic E-state index is 0.0682. The van der Waals surface area contributed by atoms with Crippen molar-refractivity contribution in [2.75, 3.05) is 12.3 Å². The molecule has 4 aromatic rings. The van der Waals surface area contributed by atoms with Crippen molar-refractivity contribution < 1.29 is 4.79 Å². The quantitative estimate of drug-likeness (QED) is 0.299. The Balaban J connectivity index is 1.34. The van der Waals surface area contributed by atoms with E-state index in [9.17, 15) is 4.79 Å². The minimum atomic E-state index is 0.0682. The molecule has 0 atom stereocenters. The number of amides is 1. The molecule has 1 heterocycles. The van der Waals surface area contributed by atoms with E-state index in [1.165, 1.54) is 21.4 Å². The molecule has 1 aromatic heterocycles. The summed E-state index contributed by atoms with van der Waals surface area (Å²) in [4.78, 5) is 17.2. The Morgan fingerprint density at radius 2 is 1.48 bits per heavy atom. The van der Waals surface area contributed by atoms with Crippen LogP contribution in [0.15, 0.2) is 96.0 Å². The van der Waals surface area contributed by atoms with Gasteiger partial charge in [0.15, 0.2) is 0 Å². The Bertz CT molecular complexity index is 1020. The average Bonchev–Trinajstić information content (AvgIpc) is 3.19. The van der Waals surface area contributed by atoms with E-state index >= 15 is 0 Å². The smallest absolute Gasteiger partial charge is 0.220 e. The first-order valence-electron chi connectivity index (χ1n) is 9.87. The van der Waals surface area contributed by atoms with Gasteiger partial charge in [-0.2, -0.15) is 0 Å². The Morgan fingerprint density at radius 3 is 2.17 bits per heavy atom. The second-order valence-electron chi connectivity index (χ2n) is 6.98. The molecule has 0 spiro atoms. The van der Waals surface area contributed by atoms with E-state index in [-0.39, 0.29) is 11.8 Å². The SMILES string of the molecule is O=C(CC(c1ccccc1)c1ccccc1)NCCSc1c[nH]c2ccccc12. The van der Waals surface area contributed by atoms with Crippen LogP contribution in [0.3, 0.4) is 0 Å². The molecule has 0 radical (unpaired) electrons. The Morgan fingerprint density at radius 1 is 0.862 bits per heavy atom. The fraction of sp³-hybridized carbons (Fsp3) is 0.160. The van der Waals surface area contributed by atoms with Crippen LogP contribution in [0, 0.1) is 0 Å². The van der Waals surface area contributed by atoms with Gasteiger partial charge in [0.2, 0.25) is 5.91 Å². The van der Waals surface area contributed by atoms with Crippen molar-refractivity contribution in [3.8, 4) is 0 Å². The predicted molar refractivity (Wildman–Crippen MR) is 121 cm³/mol. The molecule has 0 aliphatic rings. The molecule has 1 amide bonds. The van der Waals surface area contributed by atoms with E-state index in [4.69, 9.17) is 0 Å². The molecule has 0 fully saturated rings. The number of thioether (sulfide) groups is 1. The van der Waals surface area contributed by atoms with E-state index in [1.54, 1.807) is 11.8 Å². The number of nitrogens with one attached hydrogen (secondary N) is 2. The summed E-state index contributed by atoms with van der Waals surface area (Å²) in [7, 11) is 0. The molecule has 0 saturated heterocycles. The zero-order valence-electron chi connectivity index (χ0n) is 16.2. The van der Waals surface area contributed by atoms with Crippen LogP contribution in [0.4, 0.5) is 0 Å². The zero-order valence-corrected chi connectivity index (χ0v) is 17.0. The van der Waals surface area contributed by atoms with Crippen molar-refractivity contribution in [2.24, 2.45) is 0 Å². The van der Waals surface area contributed by atoms with Gasteiger partial charge in [-0.1, -0.05) is 78.9 Å². The van der Waals surface area contributed by atoms with Gasteiger partial charge >= 0.3 is 0 Å². The van der Waals surface area contributed by atoms with Crippen molar-refractivity contribution in [3.63, 3.8) is 0 Å². The number of hydrogen-bond acceptors (Lipinski definition) is 2. The molecule has 3 aromatic carbocycles. The molecule has 2 N–H and O–H groups in total. The highest BCUT2D eigenvalue weighted by atomic mass is 32.2. The van der Waals surface area contributed by atoms with Crippen molar-refractivity contribution in [2.45, 2.75) is 17.2 Å². The normalized spacial score (nSPS) is 11.1. The van der Waals surface area contributed by atoms with Crippen LogP contribution in [0.25, 0.3) is 10.9 Å². The topological polar surface area (TPSA) is 44.9 Å². The third-order valence-corrected chi connectivity index (χ3v) is 6.08. The lowest BCUT2D eigenvalue weighted by atomic mass is 9.88. The fourth-order valence-electron chi connectivity index (χ4n) is 3.57. The van der Waals surface area contributed by atoms with Crippen LogP contribution < -0.4 is 5.32 Å². The van der Waals surface area contributed by atoms with Crippen LogP contribution in [0.1, 0.15) is 23.5 Å². The van der Waals surface area contributed by atoms with Crippen LogP contribution in [-0.4, -0.2) is 23.2 Å². The number of aromatic nitrogens is 1. The number of para-hydroxylation sites is 1. The van der Waals surface area contributed by atoms with Crippen molar-refractivity contribution >= 4 is 28.6 Å². The number of hydrogen-bond donors (Lipinski definition) is 2. The summed E-state index contributed by atoms with van der Waals surface area (Å²) in [6, 6.07) is 28.8. The van der Waals surface area contributed by atoms with Gasteiger partial charge in [0.1, 0.15) is 0 Å². The number of fused-ring (bicyclic) bond motifs is 1. The molecule has 0 unspecified atom stereocenters. The number of benzene rings is 3. The summed E-state index contributed by atoms with van der Waals surface area (Å²) in [6.45, 7) is 0.652. The lowest BCUT2D eigenvalue weighted by Crippen LogP contribution is -2.27. The van der Waals surface area contributed by atoms with Crippen LogP contribution in [0.2, 0.25) is 0 Å². The van der Waals surface area contributed by atoms with E-state index in [0.717, 1.165) is 11.3 Å². The molecule has 4 heteroatoms. The van der Waals surface area contributed by atoms with Gasteiger partial charge in [0, 0.05) is 46.6 Å². The third kappa shape index (κ3) is 4.90. The van der Waals surface area contributed by atoms with Gasteiger partial charge in [-0.05, 0) is 17.2 Å². The summed E-state index contributed by atoms with van der Waals surface area (Å²) in [5.41, 5.74) is 3.48. The number of carbonyl (C=O) groups excluding carboxylic acids is 1. The Hall–Kier alpha value is -2.98. The molecule has 3 nitrogen and oxygen atoms in total. The molecule has 0 saturated carbocycles. The Kier molecular flexibility index (Phi) is 6.32. The third-order valence-electron chi connectivity index (χ3n) is 5.03. The Labute approximate surface area is 175 Å². The monoisotopic (exact) mass is 400 g/mol. The van der Waals surface area contributed by atoms with Gasteiger partial charge < -0.3 is 10.3 Å². The van der Waals surface area contributed by atoms with Gasteiger partial charge in [0.25, 0.3) is 0 Å². The molecule has 0 bridgehead atoms. The predicted octanol–water partition coefficient (Wildman–Crippen LogP) is 5.60. The number of H-pyrrole nitrogens is 1. The molecular formula is C25H24N2OS. The number of carbonyl (C=O) groups is 1. The molecule has 4 rings (SSSR count). The first-order valence-corrected chi connectivity index (χ1v) is 10.9. The highest BCUT2D eigenvalue weighted by molar-refractivity contribution is 7.99. The van der Waals surface area contributed by atoms with E-state index in [0.29, 0.717) is 13.0 Å². The number of aromatic amines is 1. The maximum Gasteiger partial charge on any atom is 0.220 e. The lowest BCUT2D eigenvalue weighted by molar-refractivity contribution is -0.121. The summed E-state index contributed by atoms with van der Waals surface area (Å²) in [5.74, 6) is 0.996. The van der Waals surface area contributed by atoms with Gasteiger partial charge in [0.05, 0.1) is 0 Å². The number of rotatable bonds is 8. The highest BCUT2D eigenvalue weighted by Crippen LogP contribution is 2.28. The zero-order chi connectivity index (χ0) is 19.9.